The summed E-state index contributed by atoms with van der Waals surface area (Å²) in [6.45, 7) is 5.17. The summed E-state index contributed by atoms with van der Waals surface area (Å²) in [4.78, 5) is 0. The normalized spacial score (nSPS) is 12.7. The molecule has 0 rings (SSSR count). The monoisotopic (exact) mass is 195 g/mol. The van der Waals surface area contributed by atoms with E-state index >= 15 is 0 Å². The molecule has 0 amide bonds. The minimum Gasteiger partial charge on any atom is -0.424 e. The SMILES string of the molecule is CCO[SiH2]CC[P+](=O)OCC. The highest BCUT2D eigenvalue weighted by Gasteiger charge is 2.14. The largest absolute Gasteiger partial charge is 0.507 e. The number of hydrogen-bond donors (Lipinski definition) is 0. The quantitative estimate of drug-likeness (QED) is 0.349. The van der Waals surface area contributed by atoms with Gasteiger partial charge in [0.1, 0.15) is 0 Å². The lowest BCUT2D eigenvalue weighted by Gasteiger charge is -1.93. The Morgan fingerprint density at radius 1 is 1.36 bits per heavy atom. The maximum atomic E-state index is 10.9. The Bertz CT molecular complexity index is 110. The lowest BCUT2D eigenvalue weighted by atomic mass is 10.9. The molecule has 0 saturated heterocycles. The fourth-order valence-corrected chi connectivity index (χ4v) is 3.11. The molecule has 0 spiro atoms. The fourth-order valence-electron chi connectivity index (χ4n) is 0.649. The highest BCUT2D eigenvalue weighted by Crippen LogP contribution is 2.22. The van der Waals surface area contributed by atoms with Crippen molar-refractivity contribution in [2.75, 3.05) is 19.4 Å². The average molecular weight is 195 g/mol. The zero-order valence-corrected chi connectivity index (χ0v) is 9.52. The van der Waals surface area contributed by atoms with Gasteiger partial charge in [-0.05, 0) is 18.4 Å². The van der Waals surface area contributed by atoms with Crippen LogP contribution in [0.15, 0.2) is 0 Å². The molecule has 0 saturated carbocycles. The molecule has 0 aromatic rings. The third-order valence-electron chi connectivity index (χ3n) is 1.11. The van der Waals surface area contributed by atoms with Gasteiger partial charge in [-0.3, -0.25) is 0 Å². The predicted molar refractivity (Wildman–Crippen MR) is 49.1 cm³/mol. The Labute approximate surface area is 71.3 Å². The molecule has 11 heavy (non-hydrogen) atoms. The summed E-state index contributed by atoms with van der Waals surface area (Å²) in [5.74, 6) is 0. The van der Waals surface area contributed by atoms with Crippen LogP contribution in [0.5, 0.6) is 0 Å². The van der Waals surface area contributed by atoms with Gasteiger partial charge in [-0.15, -0.1) is 4.52 Å². The van der Waals surface area contributed by atoms with Crippen molar-refractivity contribution in [2.45, 2.75) is 19.9 Å². The average Bonchev–Trinajstić information content (AvgIpc) is 1.99. The Morgan fingerprint density at radius 2 is 2.09 bits per heavy atom. The highest BCUT2D eigenvalue weighted by molar-refractivity contribution is 7.39. The van der Waals surface area contributed by atoms with Crippen molar-refractivity contribution >= 4 is 17.8 Å². The minimum atomic E-state index is -1.39. The molecule has 0 N–H and O–H groups in total. The Morgan fingerprint density at radius 3 is 2.64 bits per heavy atom. The van der Waals surface area contributed by atoms with E-state index < -0.39 is 17.8 Å². The van der Waals surface area contributed by atoms with E-state index in [1.165, 1.54) is 0 Å². The van der Waals surface area contributed by atoms with Crippen LogP contribution < -0.4 is 0 Å². The Balaban J connectivity index is 3.04. The Kier molecular flexibility index (Phi) is 8.51. The van der Waals surface area contributed by atoms with Crippen LogP contribution in [0.25, 0.3) is 0 Å². The van der Waals surface area contributed by atoms with Gasteiger partial charge in [0.2, 0.25) is 0 Å². The molecule has 0 aromatic carbocycles. The van der Waals surface area contributed by atoms with E-state index in [4.69, 9.17) is 8.95 Å². The van der Waals surface area contributed by atoms with Crippen LogP contribution in [0, 0.1) is 0 Å². The van der Waals surface area contributed by atoms with Crippen molar-refractivity contribution in [1.29, 1.82) is 0 Å². The van der Waals surface area contributed by atoms with Crippen LogP contribution in [0.3, 0.4) is 0 Å². The first-order valence-corrected chi connectivity index (χ1v) is 6.90. The molecule has 0 heterocycles. The minimum absolute atomic E-state index is 0.412. The van der Waals surface area contributed by atoms with Gasteiger partial charge in [-0.1, -0.05) is 0 Å². The van der Waals surface area contributed by atoms with Crippen LogP contribution in [-0.4, -0.2) is 29.1 Å². The third-order valence-corrected chi connectivity index (χ3v) is 4.27. The second-order valence-corrected chi connectivity index (χ2v) is 4.92. The molecule has 0 fully saturated rings. The molecular formula is C6H16O3PSi+. The molecule has 1 unspecified atom stereocenters. The third kappa shape index (κ3) is 8.14. The van der Waals surface area contributed by atoms with Crippen molar-refractivity contribution in [3.8, 4) is 0 Å². The van der Waals surface area contributed by atoms with Crippen LogP contribution in [0.4, 0.5) is 0 Å². The lowest BCUT2D eigenvalue weighted by molar-refractivity contribution is 0.347. The molecule has 66 valence electrons. The predicted octanol–water partition coefficient (Wildman–Crippen LogP) is 1.30. The lowest BCUT2D eigenvalue weighted by Crippen LogP contribution is -1.98. The first kappa shape index (κ1) is 11.2. The molecule has 1 atom stereocenters. The maximum Gasteiger partial charge on any atom is 0.507 e. The summed E-state index contributed by atoms with van der Waals surface area (Å²) >= 11 is 0. The first-order chi connectivity index (χ1) is 5.31. The number of hydrogen-bond acceptors (Lipinski definition) is 3. The smallest absolute Gasteiger partial charge is 0.424 e. The molecule has 0 aliphatic carbocycles. The molecule has 0 aromatic heterocycles. The molecule has 0 bridgehead atoms. The van der Waals surface area contributed by atoms with Gasteiger partial charge in [0.15, 0.2) is 15.9 Å². The van der Waals surface area contributed by atoms with E-state index in [9.17, 15) is 4.57 Å². The molecule has 0 aliphatic rings. The van der Waals surface area contributed by atoms with Gasteiger partial charge in [0.05, 0.1) is 6.61 Å². The van der Waals surface area contributed by atoms with E-state index in [0.717, 1.165) is 12.7 Å². The zero-order chi connectivity index (χ0) is 8.53. The first-order valence-electron chi connectivity index (χ1n) is 3.96. The van der Waals surface area contributed by atoms with Crippen molar-refractivity contribution in [2.24, 2.45) is 0 Å². The summed E-state index contributed by atoms with van der Waals surface area (Å²) in [5.41, 5.74) is 0. The van der Waals surface area contributed by atoms with E-state index in [2.05, 4.69) is 0 Å². The molecule has 5 heteroatoms. The van der Waals surface area contributed by atoms with Gasteiger partial charge in [-0.2, -0.15) is 0 Å². The van der Waals surface area contributed by atoms with E-state index in [1.54, 1.807) is 0 Å². The standard InChI is InChI=1S/C6H16O3PSi/c1-3-8-10(7)5-6-11-9-4-2/h3-6,11H2,1-2H3/q+1. The maximum absolute atomic E-state index is 10.9. The molecule has 3 nitrogen and oxygen atoms in total. The Hall–Kier alpha value is 0.237. The molecule has 0 aliphatic heterocycles. The van der Waals surface area contributed by atoms with Crippen molar-refractivity contribution in [3.05, 3.63) is 0 Å². The van der Waals surface area contributed by atoms with Crippen LogP contribution in [0.2, 0.25) is 6.04 Å². The van der Waals surface area contributed by atoms with E-state index in [0.29, 0.717) is 12.8 Å². The van der Waals surface area contributed by atoms with E-state index in [1.807, 2.05) is 13.8 Å². The van der Waals surface area contributed by atoms with Crippen molar-refractivity contribution in [1.82, 2.24) is 0 Å². The van der Waals surface area contributed by atoms with Gasteiger partial charge in [-0.25, -0.2) is 0 Å². The summed E-state index contributed by atoms with van der Waals surface area (Å²) < 4.78 is 21.0. The van der Waals surface area contributed by atoms with E-state index in [-0.39, 0.29) is 0 Å². The van der Waals surface area contributed by atoms with Crippen molar-refractivity contribution in [3.63, 3.8) is 0 Å². The van der Waals surface area contributed by atoms with Gasteiger partial charge >= 0.3 is 8.03 Å². The van der Waals surface area contributed by atoms with Gasteiger partial charge in [0, 0.05) is 12.7 Å². The zero-order valence-electron chi connectivity index (χ0n) is 7.21. The van der Waals surface area contributed by atoms with Crippen LogP contribution in [0.1, 0.15) is 13.8 Å². The summed E-state index contributed by atoms with van der Waals surface area (Å²) in [7, 11) is -1.80. The van der Waals surface area contributed by atoms with Crippen LogP contribution in [-0.2, 0) is 13.5 Å². The topological polar surface area (TPSA) is 35.5 Å². The summed E-state index contributed by atoms with van der Waals surface area (Å²) in [5, 5.41) is 0. The summed E-state index contributed by atoms with van der Waals surface area (Å²) in [6, 6.07) is 0.961. The summed E-state index contributed by atoms with van der Waals surface area (Å²) in [6.07, 6.45) is 0.676. The van der Waals surface area contributed by atoms with Gasteiger partial charge < -0.3 is 4.43 Å². The van der Waals surface area contributed by atoms with Gasteiger partial charge in [0.25, 0.3) is 0 Å². The fraction of sp³-hybridized carbons (Fsp3) is 1.00. The molecular weight excluding hydrogens is 179 g/mol. The molecule has 0 radical (unpaired) electrons. The second kappa shape index (κ2) is 8.33. The van der Waals surface area contributed by atoms with Crippen molar-refractivity contribution < 1.29 is 13.5 Å². The number of rotatable bonds is 7. The highest BCUT2D eigenvalue weighted by atomic mass is 31.1. The van der Waals surface area contributed by atoms with Crippen LogP contribution >= 0.6 is 8.03 Å². The second-order valence-electron chi connectivity index (χ2n) is 2.02.